The molecule has 0 aromatic carbocycles. The van der Waals surface area contributed by atoms with Crippen molar-refractivity contribution in [3.63, 3.8) is 0 Å². The molecule has 1 rings (SSSR count). The van der Waals surface area contributed by atoms with Crippen LogP contribution in [0.4, 0.5) is 0 Å². The first kappa shape index (κ1) is 15.5. The Morgan fingerprint density at radius 2 is 2.11 bits per heavy atom. The number of nitrogens with one attached hydrogen (secondary N) is 1. The maximum Gasteiger partial charge on any atom is 0.303 e. The summed E-state index contributed by atoms with van der Waals surface area (Å²) in [4.78, 5) is 35.5. The van der Waals surface area contributed by atoms with Gasteiger partial charge in [-0.3, -0.25) is 14.4 Å². The molecule has 0 aromatic heterocycles. The molecular formula is C13H22N2O4. The summed E-state index contributed by atoms with van der Waals surface area (Å²) in [6.07, 6.45) is 1.60. The van der Waals surface area contributed by atoms with E-state index in [-0.39, 0.29) is 36.6 Å². The van der Waals surface area contributed by atoms with Crippen molar-refractivity contribution in [2.45, 2.75) is 45.6 Å². The zero-order valence-corrected chi connectivity index (χ0v) is 11.5. The summed E-state index contributed by atoms with van der Waals surface area (Å²) in [5.41, 5.74) is 0. The Morgan fingerprint density at radius 1 is 1.42 bits per heavy atom. The second-order valence-electron chi connectivity index (χ2n) is 5.18. The molecule has 0 aliphatic carbocycles. The highest BCUT2D eigenvalue weighted by atomic mass is 16.4. The monoisotopic (exact) mass is 270 g/mol. The van der Waals surface area contributed by atoms with Crippen molar-refractivity contribution in [1.29, 1.82) is 0 Å². The van der Waals surface area contributed by atoms with E-state index in [4.69, 9.17) is 5.11 Å². The zero-order chi connectivity index (χ0) is 14.4. The van der Waals surface area contributed by atoms with Gasteiger partial charge >= 0.3 is 5.97 Å². The van der Waals surface area contributed by atoms with Crippen LogP contribution in [0.1, 0.15) is 39.5 Å². The maximum absolute atomic E-state index is 11.8. The van der Waals surface area contributed by atoms with Crippen LogP contribution in [0.5, 0.6) is 0 Å². The molecule has 2 amide bonds. The average Bonchev–Trinajstić information content (AvgIpc) is 2.70. The summed E-state index contributed by atoms with van der Waals surface area (Å²) in [6.45, 7) is 4.82. The van der Waals surface area contributed by atoms with Gasteiger partial charge in [-0.15, -0.1) is 0 Å². The normalized spacial score (nSPS) is 19.0. The molecule has 0 saturated carbocycles. The molecule has 6 nitrogen and oxygen atoms in total. The fourth-order valence-electron chi connectivity index (χ4n) is 2.16. The molecule has 1 heterocycles. The lowest BCUT2D eigenvalue weighted by molar-refractivity contribution is -0.137. The zero-order valence-electron chi connectivity index (χ0n) is 11.5. The third kappa shape index (κ3) is 4.89. The van der Waals surface area contributed by atoms with Crippen LogP contribution in [0.2, 0.25) is 0 Å². The lowest BCUT2D eigenvalue weighted by Gasteiger charge is -2.20. The molecule has 0 bridgehead atoms. The first-order chi connectivity index (χ1) is 8.91. The largest absolute Gasteiger partial charge is 0.481 e. The summed E-state index contributed by atoms with van der Waals surface area (Å²) in [5, 5.41) is 11.2. The molecule has 1 saturated heterocycles. The van der Waals surface area contributed by atoms with Gasteiger partial charge in [-0.25, -0.2) is 0 Å². The van der Waals surface area contributed by atoms with E-state index in [0.29, 0.717) is 25.9 Å². The van der Waals surface area contributed by atoms with Crippen LogP contribution in [-0.2, 0) is 14.4 Å². The van der Waals surface area contributed by atoms with E-state index in [0.717, 1.165) is 0 Å². The Bertz CT molecular complexity index is 355. The quantitative estimate of drug-likeness (QED) is 0.664. The molecule has 0 spiro atoms. The van der Waals surface area contributed by atoms with Gasteiger partial charge in [-0.05, 0) is 26.7 Å². The molecule has 6 heteroatoms. The minimum absolute atomic E-state index is 0.0287. The van der Waals surface area contributed by atoms with Gasteiger partial charge in [0.2, 0.25) is 11.8 Å². The summed E-state index contributed by atoms with van der Waals surface area (Å²) < 4.78 is 0. The van der Waals surface area contributed by atoms with Crippen molar-refractivity contribution in [3.05, 3.63) is 0 Å². The van der Waals surface area contributed by atoms with Crippen LogP contribution in [-0.4, -0.2) is 46.9 Å². The maximum atomic E-state index is 11.8. The third-order valence-corrected chi connectivity index (χ3v) is 3.27. The van der Waals surface area contributed by atoms with Gasteiger partial charge in [0.25, 0.3) is 0 Å². The average molecular weight is 270 g/mol. The standard InChI is InChI=1S/C13H22N2O4/c1-9(2)15-8-10(7-11(15)16)13(19)14-6-4-3-5-12(17)18/h9-10H,3-8H2,1-2H3,(H,14,19)(H,17,18). The molecule has 1 aliphatic heterocycles. The Kier molecular flexibility index (Phi) is 5.79. The number of nitrogens with zero attached hydrogens (tertiary/aromatic N) is 1. The van der Waals surface area contributed by atoms with Gasteiger partial charge in [-0.1, -0.05) is 0 Å². The molecule has 1 fully saturated rings. The van der Waals surface area contributed by atoms with E-state index in [2.05, 4.69) is 5.32 Å². The molecule has 2 N–H and O–H groups in total. The highest BCUT2D eigenvalue weighted by Crippen LogP contribution is 2.20. The number of likely N-dealkylation sites (tertiary alicyclic amines) is 1. The summed E-state index contributed by atoms with van der Waals surface area (Å²) in [6, 6.07) is 0.126. The van der Waals surface area contributed by atoms with Gasteiger partial charge in [0.15, 0.2) is 0 Å². The number of amides is 2. The smallest absolute Gasteiger partial charge is 0.303 e. The van der Waals surface area contributed by atoms with E-state index >= 15 is 0 Å². The van der Waals surface area contributed by atoms with Crippen molar-refractivity contribution in [1.82, 2.24) is 10.2 Å². The van der Waals surface area contributed by atoms with Crippen LogP contribution in [0, 0.1) is 5.92 Å². The predicted octanol–water partition coefficient (Wildman–Crippen LogP) is 0.614. The van der Waals surface area contributed by atoms with Gasteiger partial charge in [0.05, 0.1) is 5.92 Å². The number of hydrogen-bond acceptors (Lipinski definition) is 3. The van der Waals surface area contributed by atoms with Crippen molar-refractivity contribution in [3.8, 4) is 0 Å². The highest BCUT2D eigenvalue weighted by molar-refractivity contribution is 5.89. The Balaban J connectivity index is 2.24. The van der Waals surface area contributed by atoms with Crippen LogP contribution in [0.15, 0.2) is 0 Å². The number of rotatable bonds is 7. The van der Waals surface area contributed by atoms with Crippen LogP contribution in [0.3, 0.4) is 0 Å². The first-order valence-corrected chi connectivity index (χ1v) is 6.70. The van der Waals surface area contributed by atoms with Crippen LogP contribution < -0.4 is 5.32 Å². The summed E-state index contributed by atoms with van der Waals surface area (Å²) in [5.74, 6) is -1.16. The van der Waals surface area contributed by atoms with Gasteiger partial charge in [0, 0.05) is 32.0 Å². The number of unbranched alkanes of at least 4 members (excludes halogenated alkanes) is 1. The van der Waals surface area contributed by atoms with E-state index in [1.54, 1.807) is 4.90 Å². The third-order valence-electron chi connectivity index (χ3n) is 3.27. The van der Waals surface area contributed by atoms with Gasteiger partial charge in [-0.2, -0.15) is 0 Å². The number of carbonyl (C=O) groups excluding carboxylic acids is 2. The highest BCUT2D eigenvalue weighted by Gasteiger charge is 2.35. The van der Waals surface area contributed by atoms with Crippen molar-refractivity contribution < 1.29 is 19.5 Å². The molecule has 19 heavy (non-hydrogen) atoms. The van der Waals surface area contributed by atoms with Crippen molar-refractivity contribution in [2.24, 2.45) is 5.92 Å². The van der Waals surface area contributed by atoms with E-state index in [1.807, 2.05) is 13.8 Å². The molecule has 0 aromatic rings. The predicted molar refractivity (Wildman–Crippen MR) is 69.5 cm³/mol. The fraction of sp³-hybridized carbons (Fsp3) is 0.769. The van der Waals surface area contributed by atoms with Crippen molar-refractivity contribution in [2.75, 3.05) is 13.1 Å². The van der Waals surface area contributed by atoms with Crippen LogP contribution in [0.25, 0.3) is 0 Å². The molecule has 0 radical (unpaired) electrons. The Labute approximate surface area is 113 Å². The van der Waals surface area contributed by atoms with Gasteiger partial charge < -0.3 is 15.3 Å². The molecule has 1 aliphatic rings. The lowest BCUT2D eigenvalue weighted by Crippen LogP contribution is -2.35. The summed E-state index contributed by atoms with van der Waals surface area (Å²) >= 11 is 0. The first-order valence-electron chi connectivity index (χ1n) is 6.70. The second-order valence-corrected chi connectivity index (χ2v) is 5.18. The SMILES string of the molecule is CC(C)N1CC(C(=O)NCCCCC(=O)O)CC1=O. The molecular weight excluding hydrogens is 248 g/mol. The van der Waals surface area contributed by atoms with Crippen LogP contribution >= 0.6 is 0 Å². The minimum Gasteiger partial charge on any atom is -0.481 e. The fourth-order valence-corrected chi connectivity index (χ4v) is 2.16. The number of carbonyl (C=O) groups is 3. The molecule has 1 atom stereocenters. The Morgan fingerprint density at radius 3 is 2.63 bits per heavy atom. The second kappa shape index (κ2) is 7.11. The molecule has 108 valence electrons. The minimum atomic E-state index is -0.819. The van der Waals surface area contributed by atoms with E-state index < -0.39 is 5.97 Å². The summed E-state index contributed by atoms with van der Waals surface area (Å²) in [7, 11) is 0. The molecule has 1 unspecified atom stereocenters. The Hall–Kier alpha value is -1.59. The van der Waals surface area contributed by atoms with E-state index in [1.165, 1.54) is 0 Å². The topological polar surface area (TPSA) is 86.7 Å². The van der Waals surface area contributed by atoms with Gasteiger partial charge in [0.1, 0.15) is 0 Å². The van der Waals surface area contributed by atoms with Crippen molar-refractivity contribution >= 4 is 17.8 Å². The number of carboxylic acids is 1. The number of aliphatic carboxylic acids is 1. The lowest BCUT2D eigenvalue weighted by atomic mass is 10.1. The number of hydrogen-bond donors (Lipinski definition) is 2. The number of carboxylic acid groups (broad SMARTS) is 1. The van der Waals surface area contributed by atoms with E-state index in [9.17, 15) is 14.4 Å².